The molecule has 0 saturated carbocycles. The number of nitrogens with zero attached hydrogens (tertiary/aromatic N) is 2. The molecule has 0 amide bonds. The SMILES string of the molecule is CC[C@H]1CN2CCc3cc(OC)c(OC)cc3[C@H]2C[C@@H]1CC1=NCCc2cc(OC)c(OC)cc21. The zero-order valence-electron chi connectivity index (χ0n) is 21.7. The fourth-order valence-electron chi connectivity index (χ4n) is 6.43. The van der Waals surface area contributed by atoms with Crippen molar-refractivity contribution in [3.63, 3.8) is 0 Å². The molecule has 0 unspecified atom stereocenters. The summed E-state index contributed by atoms with van der Waals surface area (Å²) in [6.45, 7) is 5.44. The molecule has 1 fully saturated rings. The first-order chi connectivity index (χ1) is 17.1. The van der Waals surface area contributed by atoms with E-state index < -0.39 is 0 Å². The summed E-state index contributed by atoms with van der Waals surface area (Å²) in [6.07, 6.45) is 5.36. The highest BCUT2D eigenvalue weighted by molar-refractivity contribution is 6.03. The van der Waals surface area contributed by atoms with Gasteiger partial charge in [0.05, 0.1) is 28.4 Å². The monoisotopic (exact) mass is 478 g/mol. The smallest absolute Gasteiger partial charge is 0.161 e. The third-order valence-corrected chi connectivity index (χ3v) is 8.36. The maximum atomic E-state index is 5.67. The van der Waals surface area contributed by atoms with Gasteiger partial charge in [0.25, 0.3) is 0 Å². The lowest BCUT2D eigenvalue weighted by Gasteiger charge is -2.47. The number of fused-ring (bicyclic) bond motifs is 4. The second-order valence-corrected chi connectivity index (χ2v) is 9.98. The average Bonchev–Trinajstić information content (AvgIpc) is 2.91. The van der Waals surface area contributed by atoms with Gasteiger partial charge in [-0.2, -0.15) is 0 Å². The Balaban J connectivity index is 1.44. The predicted molar refractivity (Wildman–Crippen MR) is 139 cm³/mol. The van der Waals surface area contributed by atoms with Crippen molar-refractivity contribution in [2.24, 2.45) is 16.8 Å². The van der Waals surface area contributed by atoms with Crippen LogP contribution in [0.2, 0.25) is 0 Å². The molecule has 3 heterocycles. The van der Waals surface area contributed by atoms with Crippen LogP contribution >= 0.6 is 0 Å². The number of ether oxygens (including phenoxy) is 4. The Labute approximate surface area is 209 Å². The maximum absolute atomic E-state index is 5.67. The van der Waals surface area contributed by atoms with E-state index in [2.05, 4.69) is 36.1 Å². The largest absolute Gasteiger partial charge is 0.493 e. The molecule has 3 atom stereocenters. The zero-order valence-corrected chi connectivity index (χ0v) is 21.7. The van der Waals surface area contributed by atoms with Crippen LogP contribution in [0.3, 0.4) is 0 Å². The Morgan fingerprint density at radius 1 is 0.829 bits per heavy atom. The Kier molecular flexibility index (Phi) is 6.92. The lowest BCUT2D eigenvalue weighted by atomic mass is 9.73. The Morgan fingerprint density at radius 2 is 1.49 bits per heavy atom. The van der Waals surface area contributed by atoms with Crippen molar-refractivity contribution in [1.82, 2.24) is 4.90 Å². The maximum Gasteiger partial charge on any atom is 0.161 e. The number of benzene rings is 2. The number of piperidine rings is 1. The summed E-state index contributed by atoms with van der Waals surface area (Å²) in [4.78, 5) is 7.73. The van der Waals surface area contributed by atoms with E-state index in [1.165, 1.54) is 34.4 Å². The van der Waals surface area contributed by atoms with E-state index in [0.717, 1.165) is 68.3 Å². The fourth-order valence-corrected chi connectivity index (χ4v) is 6.43. The van der Waals surface area contributed by atoms with Crippen molar-refractivity contribution in [3.8, 4) is 23.0 Å². The number of aliphatic imine (C=N–C) groups is 1. The average molecular weight is 479 g/mol. The van der Waals surface area contributed by atoms with Gasteiger partial charge < -0.3 is 18.9 Å². The molecule has 0 spiro atoms. The van der Waals surface area contributed by atoms with Crippen LogP contribution in [0.5, 0.6) is 23.0 Å². The first-order valence-electron chi connectivity index (χ1n) is 12.9. The van der Waals surface area contributed by atoms with Crippen molar-refractivity contribution >= 4 is 5.71 Å². The highest BCUT2D eigenvalue weighted by atomic mass is 16.5. The Bertz CT molecular complexity index is 1110. The van der Waals surface area contributed by atoms with E-state index in [4.69, 9.17) is 23.9 Å². The minimum Gasteiger partial charge on any atom is -0.493 e. The summed E-state index contributed by atoms with van der Waals surface area (Å²) in [6, 6.07) is 9.10. The zero-order chi connectivity index (χ0) is 24.5. The highest BCUT2D eigenvalue weighted by Crippen LogP contribution is 2.46. The second kappa shape index (κ2) is 10.1. The molecule has 0 bridgehead atoms. The molecule has 2 aromatic rings. The quantitative estimate of drug-likeness (QED) is 0.554. The molecule has 6 heteroatoms. The highest BCUT2D eigenvalue weighted by Gasteiger charge is 2.39. The van der Waals surface area contributed by atoms with Crippen LogP contribution < -0.4 is 18.9 Å². The summed E-state index contributed by atoms with van der Waals surface area (Å²) >= 11 is 0. The molecule has 0 N–H and O–H groups in total. The lowest BCUT2D eigenvalue weighted by Crippen LogP contribution is -2.46. The van der Waals surface area contributed by atoms with Crippen molar-refractivity contribution in [2.75, 3.05) is 48.1 Å². The summed E-state index contributed by atoms with van der Waals surface area (Å²) in [5, 5.41) is 0. The number of rotatable bonds is 7. The van der Waals surface area contributed by atoms with Gasteiger partial charge in [0.2, 0.25) is 0 Å². The molecular formula is C29H38N2O4. The van der Waals surface area contributed by atoms with Gasteiger partial charge in [-0.1, -0.05) is 13.3 Å². The van der Waals surface area contributed by atoms with Gasteiger partial charge >= 0.3 is 0 Å². The second-order valence-electron chi connectivity index (χ2n) is 9.98. The van der Waals surface area contributed by atoms with Gasteiger partial charge in [-0.05, 0) is 78.5 Å². The van der Waals surface area contributed by atoms with Gasteiger partial charge in [-0.15, -0.1) is 0 Å². The third-order valence-electron chi connectivity index (χ3n) is 8.36. The van der Waals surface area contributed by atoms with Gasteiger partial charge in [0.1, 0.15) is 0 Å². The van der Waals surface area contributed by atoms with E-state index in [1.54, 1.807) is 28.4 Å². The van der Waals surface area contributed by atoms with Crippen molar-refractivity contribution in [2.45, 2.75) is 45.1 Å². The molecule has 1 saturated heterocycles. The lowest BCUT2D eigenvalue weighted by molar-refractivity contribution is 0.0546. The first kappa shape index (κ1) is 24.0. The van der Waals surface area contributed by atoms with Crippen LogP contribution in [-0.4, -0.2) is 58.7 Å². The van der Waals surface area contributed by atoms with E-state index in [1.807, 2.05) is 0 Å². The molecule has 0 aliphatic carbocycles. The number of hydrogen-bond donors (Lipinski definition) is 0. The van der Waals surface area contributed by atoms with Crippen LogP contribution in [0.4, 0.5) is 0 Å². The molecule has 6 nitrogen and oxygen atoms in total. The molecule has 3 aliphatic rings. The van der Waals surface area contributed by atoms with Crippen molar-refractivity contribution < 1.29 is 18.9 Å². The van der Waals surface area contributed by atoms with Crippen molar-refractivity contribution in [3.05, 3.63) is 46.5 Å². The first-order valence-corrected chi connectivity index (χ1v) is 12.9. The topological polar surface area (TPSA) is 52.5 Å². The van der Waals surface area contributed by atoms with Gasteiger partial charge in [-0.25, -0.2) is 0 Å². The van der Waals surface area contributed by atoms with Gasteiger partial charge in [-0.3, -0.25) is 9.89 Å². The summed E-state index contributed by atoms with van der Waals surface area (Å²) in [7, 11) is 6.85. The van der Waals surface area contributed by atoms with E-state index in [9.17, 15) is 0 Å². The molecule has 3 aliphatic heterocycles. The molecular weight excluding hydrogens is 440 g/mol. The Hall–Kier alpha value is -2.73. The molecule has 2 aromatic carbocycles. The standard InChI is InChI=1S/C29H38N2O4/c1-6-18-17-31-10-8-20-14-27(33-3)29(35-5)16-23(20)25(31)12-21(18)11-24-22-15-28(34-4)26(32-2)13-19(22)7-9-30-24/h13-16,18,21,25H,6-12,17H2,1-5H3/t18-,21-,25+/m0/s1. The summed E-state index contributed by atoms with van der Waals surface area (Å²) in [5.74, 6) is 4.49. The molecule has 0 aromatic heterocycles. The summed E-state index contributed by atoms with van der Waals surface area (Å²) < 4.78 is 22.4. The van der Waals surface area contributed by atoms with Crippen LogP contribution in [0.15, 0.2) is 29.3 Å². The van der Waals surface area contributed by atoms with E-state index in [-0.39, 0.29) is 0 Å². The Morgan fingerprint density at radius 3 is 2.17 bits per heavy atom. The number of hydrogen-bond acceptors (Lipinski definition) is 6. The van der Waals surface area contributed by atoms with Crippen molar-refractivity contribution in [1.29, 1.82) is 0 Å². The molecule has 35 heavy (non-hydrogen) atoms. The van der Waals surface area contributed by atoms with Gasteiger partial charge in [0, 0.05) is 37.0 Å². The van der Waals surface area contributed by atoms with E-state index >= 15 is 0 Å². The summed E-state index contributed by atoms with van der Waals surface area (Å²) in [5.41, 5.74) is 6.59. The number of methoxy groups -OCH3 is 4. The van der Waals surface area contributed by atoms with Crippen LogP contribution in [0.1, 0.15) is 54.5 Å². The minimum atomic E-state index is 0.417. The van der Waals surface area contributed by atoms with Gasteiger partial charge in [0.15, 0.2) is 23.0 Å². The van der Waals surface area contributed by atoms with E-state index in [0.29, 0.717) is 17.9 Å². The van der Waals surface area contributed by atoms with Crippen LogP contribution in [0, 0.1) is 11.8 Å². The fraction of sp³-hybridized carbons (Fsp3) is 0.552. The van der Waals surface area contributed by atoms with Crippen LogP contribution in [0.25, 0.3) is 0 Å². The van der Waals surface area contributed by atoms with Crippen LogP contribution in [-0.2, 0) is 12.8 Å². The normalized spacial score (nSPS) is 23.5. The minimum absolute atomic E-state index is 0.417. The molecule has 188 valence electrons. The molecule has 5 rings (SSSR count). The predicted octanol–water partition coefficient (Wildman–Crippen LogP) is 5.10. The molecule has 0 radical (unpaired) electrons. The third kappa shape index (κ3) is 4.37.